The van der Waals surface area contributed by atoms with Crippen LogP contribution in [-0.2, 0) is 6.54 Å². The second kappa shape index (κ2) is 6.38. The standard InChI is InChI=1S/C15H20ClN3/c1-11(18)13-3-2-6-19(9-13)10-14-5-4-12(8-17)7-15(14)16/h4-5,7,11,13H,2-3,6,9-10,18H2,1H3. The first kappa shape index (κ1) is 14.3. The number of halogens is 1. The van der Waals surface area contributed by atoms with Crippen LogP contribution in [0.2, 0.25) is 5.02 Å². The molecular formula is C15H20ClN3. The maximum Gasteiger partial charge on any atom is 0.0992 e. The van der Waals surface area contributed by atoms with Gasteiger partial charge >= 0.3 is 0 Å². The third-order valence-corrected chi connectivity index (χ3v) is 4.21. The molecule has 19 heavy (non-hydrogen) atoms. The molecule has 2 unspecified atom stereocenters. The summed E-state index contributed by atoms with van der Waals surface area (Å²) in [7, 11) is 0. The van der Waals surface area contributed by atoms with Gasteiger partial charge in [-0.2, -0.15) is 5.26 Å². The van der Waals surface area contributed by atoms with Gasteiger partial charge in [-0.1, -0.05) is 17.7 Å². The lowest BCUT2D eigenvalue weighted by Crippen LogP contribution is -2.41. The van der Waals surface area contributed by atoms with Gasteiger partial charge in [0.2, 0.25) is 0 Å². The zero-order chi connectivity index (χ0) is 13.8. The number of rotatable bonds is 3. The second-order valence-electron chi connectivity index (χ2n) is 5.41. The van der Waals surface area contributed by atoms with Gasteiger partial charge in [0.15, 0.2) is 0 Å². The van der Waals surface area contributed by atoms with Crippen LogP contribution in [0.4, 0.5) is 0 Å². The fourth-order valence-electron chi connectivity index (χ4n) is 2.65. The van der Waals surface area contributed by atoms with Gasteiger partial charge in [-0.25, -0.2) is 0 Å². The summed E-state index contributed by atoms with van der Waals surface area (Å²) in [4.78, 5) is 2.41. The Bertz CT molecular complexity index is 479. The van der Waals surface area contributed by atoms with Crippen LogP contribution in [-0.4, -0.2) is 24.0 Å². The van der Waals surface area contributed by atoms with Crippen LogP contribution in [0.5, 0.6) is 0 Å². The van der Waals surface area contributed by atoms with E-state index in [1.165, 1.54) is 12.8 Å². The Morgan fingerprint density at radius 1 is 1.58 bits per heavy atom. The summed E-state index contributed by atoms with van der Waals surface area (Å²) >= 11 is 6.22. The minimum Gasteiger partial charge on any atom is -0.328 e. The first-order valence-corrected chi connectivity index (χ1v) is 7.14. The van der Waals surface area contributed by atoms with Crippen molar-refractivity contribution in [2.75, 3.05) is 13.1 Å². The number of hydrogen-bond donors (Lipinski definition) is 1. The normalized spacial score (nSPS) is 21.9. The summed E-state index contributed by atoms with van der Waals surface area (Å²) in [5.74, 6) is 0.575. The molecule has 0 radical (unpaired) electrons. The number of benzene rings is 1. The van der Waals surface area contributed by atoms with Gasteiger partial charge < -0.3 is 5.73 Å². The highest BCUT2D eigenvalue weighted by molar-refractivity contribution is 6.31. The first-order valence-electron chi connectivity index (χ1n) is 6.76. The molecule has 102 valence electrons. The highest BCUT2D eigenvalue weighted by Gasteiger charge is 2.23. The second-order valence-corrected chi connectivity index (χ2v) is 5.82. The van der Waals surface area contributed by atoms with Gasteiger partial charge in [0, 0.05) is 24.2 Å². The third-order valence-electron chi connectivity index (χ3n) is 3.86. The minimum atomic E-state index is 0.249. The van der Waals surface area contributed by atoms with Crippen LogP contribution in [0.1, 0.15) is 30.9 Å². The van der Waals surface area contributed by atoms with E-state index < -0.39 is 0 Å². The largest absolute Gasteiger partial charge is 0.328 e. The zero-order valence-electron chi connectivity index (χ0n) is 11.3. The Morgan fingerprint density at radius 2 is 2.37 bits per heavy atom. The van der Waals surface area contributed by atoms with Gasteiger partial charge in [-0.3, -0.25) is 4.90 Å². The number of nitrogens with two attached hydrogens (primary N) is 1. The van der Waals surface area contributed by atoms with Crippen molar-refractivity contribution in [3.63, 3.8) is 0 Å². The number of likely N-dealkylation sites (tertiary alicyclic amines) is 1. The van der Waals surface area contributed by atoms with E-state index in [4.69, 9.17) is 22.6 Å². The molecule has 1 aliphatic heterocycles. The molecule has 1 fully saturated rings. The van der Waals surface area contributed by atoms with E-state index in [9.17, 15) is 0 Å². The molecule has 4 heteroatoms. The number of piperidine rings is 1. The van der Waals surface area contributed by atoms with Crippen molar-refractivity contribution in [2.45, 2.75) is 32.4 Å². The average Bonchev–Trinajstić information content (AvgIpc) is 2.41. The van der Waals surface area contributed by atoms with Gasteiger partial charge in [0.1, 0.15) is 0 Å². The predicted molar refractivity (Wildman–Crippen MR) is 77.8 cm³/mol. The molecule has 1 heterocycles. The lowest BCUT2D eigenvalue weighted by Gasteiger charge is -2.34. The van der Waals surface area contributed by atoms with Crippen LogP contribution in [0.25, 0.3) is 0 Å². The maximum atomic E-state index is 8.84. The third kappa shape index (κ3) is 3.70. The molecule has 2 atom stereocenters. The van der Waals surface area contributed by atoms with Crippen molar-refractivity contribution >= 4 is 11.6 Å². The van der Waals surface area contributed by atoms with Crippen molar-refractivity contribution in [1.29, 1.82) is 5.26 Å². The monoisotopic (exact) mass is 277 g/mol. The number of hydrogen-bond acceptors (Lipinski definition) is 3. The van der Waals surface area contributed by atoms with E-state index in [1.807, 2.05) is 12.1 Å². The van der Waals surface area contributed by atoms with Crippen molar-refractivity contribution in [1.82, 2.24) is 4.90 Å². The molecule has 0 aliphatic carbocycles. The fraction of sp³-hybridized carbons (Fsp3) is 0.533. The highest BCUT2D eigenvalue weighted by atomic mass is 35.5. The van der Waals surface area contributed by atoms with Crippen LogP contribution < -0.4 is 5.73 Å². The number of nitrogens with zero attached hydrogens (tertiary/aromatic N) is 2. The molecule has 2 N–H and O–H groups in total. The van der Waals surface area contributed by atoms with E-state index >= 15 is 0 Å². The lowest BCUT2D eigenvalue weighted by atomic mass is 9.92. The van der Waals surface area contributed by atoms with Crippen molar-refractivity contribution in [2.24, 2.45) is 11.7 Å². The Hall–Kier alpha value is -1.08. The highest BCUT2D eigenvalue weighted by Crippen LogP contribution is 2.24. The van der Waals surface area contributed by atoms with Crippen molar-refractivity contribution < 1.29 is 0 Å². The molecular weight excluding hydrogens is 258 g/mol. The molecule has 1 aromatic carbocycles. The zero-order valence-corrected chi connectivity index (χ0v) is 12.0. The fourth-order valence-corrected chi connectivity index (χ4v) is 2.89. The van der Waals surface area contributed by atoms with E-state index in [2.05, 4.69) is 17.9 Å². The Balaban J connectivity index is 2.03. The maximum absolute atomic E-state index is 8.84. The molecule has 0 amide bonds. The minimum absolute atomic E-state index is 0.249. The van der Waals surface area contributed by atoms with Gasteiger partial charge in [0.05, 0.1) is 11.6 Å². The molecule has 0 saturated carbocycles. The van der Waals surface area contributed by atoms with E-state index in [0.717, 1.165) is 25.2 Å². The lowest BCUT2D eigenvalue weighted by molar-refractivity contribution is 0.154. The van der Waals surface area contributed by atoms with Crippen molar-refractivity contribution in [3.8, 4) is 6.07 Å². The van der Waals surface area contributed by atoms with Gasteiger partial charge in [-0.05, 0) is 49.9 Å². The summed E-state index contributed by atoms with van der Waals surface area (Å²) in [5.41, 5.74) is 7.70. The molecule has 0 bridgehead atoms. The summed E-state index contributed by atoms with van der Waals surface area (Å²) < 4.78 is 0. The van der Waals surface area contributed by atoms with E-state index in [0.29, 0.717) is 16.5 Å². The molecule has 1 saturated heterocycles. The molecule has 1 aromatic rings. The summed E-state index contributed by atoms with van der Waals surface area (Å²) in [6.45, 7) is 5.06. The van der Waals surface area contributed by atoms with Crippen LogP contribution in [0, 0.1) is 17.2 Å². The SMILES string of the molecule is CC(N)C1CCCN(Cc2ccc(C#N)cc2Cl)C1. The van der Waals surface area contributed by atoms with Gasteiger partial charge in [0.25, 0.3) is 0 Å². The van der Waals surface area contributed by atoms with Gasteiger partial charge in [-0.15, -0.1) is 0 Å². The van der Waals surface area contributed by atoms with E-state index in [-0.39, 0.29) is 6.04 Å². The molecule has 1 aliphatic rings. The average molecular weight is 278 g/mol. The Kier molecular flexibility index (Phi) is 4.81. The summed E-state index contributed by atoms with van der Waals surface area (Å²) in [6, 6.07) is 7.88. The van der Waals surface area contributed by atoms with E-state index in [1.54, 1.807) is 6.07 Å². The summed E-state index contributed by atoms with van der Waals surface area (Å²) in [5, 5.41) is 9.52. The quantitative estimate of drug-likeness (QED) is 0.924. The summed E-state index contributed by atoms with van der Waals surface area (Å²) in [6.07, 6.45) is 2.41. The Morgan fingerprint density at radius 3 is 3.00 bits per heavy atom. The number of nitriles is 1. The molecule has 0 aromatic heterocycles. The predicted octanol–water partition coefficient (Wildman–Crippen LogP) is 2.77. The van der Waals surface area contributed by atoms with Crippen molar-refractivity contribution in [3.05, 3.63) is 34.3 Å². The topological polar surface area (TPSA) is 53.0 Å². The smallest absolute Gasteiger partial charge is 0.0992 e. The van der Waals surface area contributed by atoms with Crippen LogP contribution in [0.15, 0.2) is 18.2 Å². The van der Waals surface area contributed by atoms with Crippen LogP contribution in [0.3, 0.4) is 0 Å². The molecule has 3 nitrogen and oxygen atoms in total. The Labute approximate surface area is 120 Å². The first-order chi connectivity index (χ1) is 9.10. The van der Waals surface area contributed by atoms with Crippen LogP contribution >= 0.6 is 11.6 Å². The molecule has 2 rings (SSSR count). The molecule has 0 spiro atoms.